The highest BCUT2D eigenvalue weighted by Crippen LogP contribution is 2.35. The minimum absolute atomic E-state index is 0.0145. The van der Waals surface area contributed by atoms with Crippen molar-refractivity contribution in [1.82, 2.24) is 15.0 Å². The van der Waals surface area contributed by atoms with Gasteiger partial charge >= 0.3 is 6.18 Å². The van der Waals surface area contributed by atoms with Gasteiger partial charge in [-0.2, -0.15) is 18.2 Å². The summed E-state index contributed by atoms with van der Waals surface area (Å²) in [5.74, 6) is -0.0662. The monoisotopic (exact) mass is 428 g/mol. The SMILES string of the molecule is C[N-]c1ncccc1CNc1nc(Nc2ccc3c(c2)CC(=O)N3)ncc1C(F)(F)F. The largest absolute Gasteiger partial charge is 0.469 e. The Morgan fingerprint density at radius 3 is 2.84 bits per heavy atom. The van der Waals surface area contributed by atoms with Crippen molar-refractivity contribution >= 4 is 34.9 Å². The Labute approximate surface area is 175 Å². The average Bonchev–Trinajstić information content (AvgIpc) is 3.11. The zero-order chi connectivity index (χ0) is 22.0. The smallest absolute Gasteiger partial charge is 0.421 e. The van der Waals surface area contributed by atoms with Gasteiger partial charge in [0.2, 0.25) is 11.9 Å². The summed E-state index contributed by atoms with van der Waals surface area (Å²) in [7, 11) is 1.55. The summed E-state index contributed by atoms with van der Waals surface area (Å²) in [4.78, 5) is 23.4. The van der Waals surface area contributed by atoms with Gasteiger partial charge in [-0.3, -0.25) is 4.79 Å². The molecule has 0 bridgehead atoms. The molecule has 3 N–H and O–H groups in total. The van der Waals surface area contributed by atoms with E-state index >= 15 is 0 Å². The van der Waals surface area contributed by atoms with Gasteiger partial charge in [0.15, 0.2) is 0 Å². The molecule has 1 aliphatic rings. The van der Waals surface area contributed by atoms with Gasteiger partial charge in [-0.1, -0.05) is 31.2 Å². The quantitative estimate of drug-likeness (QED) is 0.538. The number of rotatable bonds is 6. The Balaban J connectivity index is 1.59. The molecule has 4 rings (SSSR count). The second kappa shape index (κ2) is 8.09. The number of hydrogen-bond donors (Lipinski definition) is 3. The highest BCUT2D eigenvalue weighted by molar-refractivity contribution is 5.99. The summed E-state index contributed by atoms with van der Waals surface area (Å²) in [6.45, 7) is 0.0483. The standard InChI is InChI=1S/C20H18F3N7O/c1-24-17-11(3-2-6-25-17)9-26-18-14(20(21,22)23)10-27-19(30-18)28-13-4-5-15-12(7-13)8-16(31)29-15/h2-7,10H,8-9H2,1H3,(H4,24,25,26,27,28,29,30,31)/p-1. The summed E-state index contributed by atoms with van der Waals surface area (Å²) in [6.07, 6.45) is -2.11. The summed E-state index contributed by atoms with van der Waals surface area (Å²) in [5, 5.41) is 12.3. The predicted octanol–water partition coefficient (Wildman–Crippen LogP) is 4.38. The first kappa shape index (κ1) is 20.4. The van der Waals surface area contributed by atoms with E-state index in [0.717, 1.165) is 11.8 Å². The van der Waals surface area contributed by atoms with E-state index in [0.29, 0.717) is 22.8 Å². The molecule has 1 aromatic carbocycles. The van der Waals surface area contributed by atoms with Crippen LogP contribution in [0.4, 0.5) is 42.1 Å². The van der Waals surface area contributed by atoms with E-state index in [-0.39, 0.29) is 30.6 Å². The molecule has 8 nitrogen and oxygen atoms in total. The van der Waals surface area contributed by atoms with Crippen LogP contribution in [0.1, 0.15) is 16.7 Å². The number of halogens is 3. The number of aromatic nitrogens is 3. The van der Waals surface area contributed by atoms with Crippen LogP contribution in [0, 0.1) is 0 Å². The number of nitrogens with one attached hydrogen (secondary N) is 3. The minimum Gasteiger partial charge on any atom is -0.469 e. The molecule has 3 aromatic rings. The Morgan fingerprint density at radius 1 is 1.23 bits per heavy atom. The number of alkyl halides is 3. The van der Waals surface area contributed by atoms with Crippen molar-refractivity contribution in [2.24, 2.45) is 0 Å². The Kier molecular flexibility index (Phi) is 5.32. The first-order valence-corrected chi connectivity index (χ1v) is 9.25. The number of benzene rings is 1. The van der Waals surface area contributed by atoms with Crippen LogP contribution in [0.25, 0.3) is 5.32 Å². The molecule has 2 aromatic heterocycles. The number of carbonyl (C=O) groups excluding carboxylic acids is 1. The molecule has 1 aliphatic heterocycles. The van der Waals surface area contributed by atoms with Crippen molar-refractivity contribution in [3.05, 3.63) is 64.7 Å². The third-order valence-electron chi connectivity index (χ3n) is 4.61. The predicted molar refractivity (Wildman–Crippen MR) is 110 cm³/mol. The van der Waals surface area contributed by atoms with Gasteiger partial charge in [0.05, 0.1) is 6.42 Å². The Morgan fingerprint density at radius 2 is 2.06 bits per heavy atom. The second-order valence-corrected chi connectivity index (χ2v) is 6.74. The van der Waals surface area contributed by atoms with E-state index in [4.69, 9.17) is 0 Å². The molecule has 0 atom stereocenters. The van der Waals surface area contributed by atoms with E-state index < -0.39 is 11.7 Å². The van der Waals surface area contributed by atoms with Gasteiger partial charge in [-0.25, -0.2) is 4.98 Å². The summed E-state index contributed by atoms with van der Waals surface area (Å²) in [6, 6.07) is 8.52. The number of hydrogen-bond acceptors (Lipinski definition) is 6. The normalized spacial score (nSPS) is 12.8. The van der Waals surface area contributed by atoms with Gasteiger partial charge < -0.3 is 26.3 Å². The molecule has 1 amide bonds. The van der Waals surface area contributed by atoms with Crippen molar-refractivity contribution in [1.29, 1.82) is 0 Å². The number of anilines is 4. The summed E-state index contributed by atoms with van der Waals surface area (Å²) >= 11 is 0. The van der Waals surface area contributed by atoms with Gasteiger partial charge in [0.25, 0.3) is 0 Å². The molecule has 11 heteroatoms. The molecule has 0 saturated carbocycles. The third-order valence-corrected chi connectivity index (χ3v) is 4.61. The van der Waals surface area contributed by atoms with Crippen LogP contribution in [0.3, 0.4) is 0 Å². The van der Waals surface area contributed by atoms with Gasteiger partial charge in [-0.05, 0) is 29.3 Å². The second-order valence-electron chi connectivity index (χ2n) is 6.74. The van der Waals surface area contributed by atoms with Crippen LogP contribution in [0.5, 0.6) is 0 Å². The van der Waals surface area contributed by atoms with Crippen molar-refractivity contribution < 1.29 is 18.0 Å². The number of amides is 1. The molecule has 0 spiro atoms. The molecule has 31 heavy (non-hydrogen) atoms. The highest BCUT2D eigenvalue weighted by atomic mass is 19.4. The Bertz CT molecular complexity index is 1130. The van der Waals surface area contributed by atoms with Gasteiger partial charge in [-0.15, -0.1) is 0 Å². The summed E-state index contributed by atoms with van der Waals surface area (Å²) in [5.41, 5.74) is 1.69. The van der Waals surface area contributed by atoms with Gasteiger partial charge in [0, 0.05) is 24.1 Å². The van der Waals surface area contributed by atoms with E-state index in [2.05, 4.69) is 36.2 Å². The number of nitrogens with zero attached hydrogens (tertiary/aromatic N) is 4. The third kappa shape index (κ3) is 4.49. The van der Waals surface area contributed by atoms with Crippen molar-refractivity contribution in [2.75, 3.05) is 23.0 Å². The fraction of sp³-hybridized carbons (Fsp3) is 0.200. The van der Waals surface area contributed by atoms with Crippen molar-refractivity contribution in [2.45, 2.75) is 19.1 Å². The zero-order valence-electron chi connectivity index (χ0n) is 16.3. The van der Waals surface area contributed by atoms with Crippen LogP contribution in [0.15, 0.2) is 42.7 Å². The van der Waals surface area contributed by atoms with Crippen LogP contribution in [-0.4, -0.2) is 27.9 Å². The molecule has 3 heterocycles. The zero-order valence-corrected chi connectivity index (χ0v) is 16.3. The van der Waals surface area contributed by atoms with Crippen LogP contribution in [-0.2, 0) is 23.9 Å². The number of pyridine rings is 1. The van der Waals surface area contributed by atoms with Crippen molar-refractivity contribution in [3.63, 3.8) is 0 Å². The Hall–Kier alpha value is -3.89. The first-order chi connectivity index (χ1) is 14.8. The fourth-order valence-electron chi connectivity index (χ4n) is 3.17. The average molecular weight is 428 g/mol. The maximum absolute atomic E-state index is 13.5. The molecule has 160 valence electrons. The lowest BCUT2D eigenvalue weighted by Gasteiger charge is -2.18. The lowest BCUT2D eigenvalue weighted by atomic mass is 10.1. The molecule has 0 aliphatic carbocycles. The van der Waals surface area contributed by atoms with E-state index in [1.165, 1.54) is 0 Å². The molecule has 0 radical (unpaired) electrons. The molecular weight excluding hydrogens is 411 g/mol. The van der Waals surface area contributed by atoms with E-state index in [1.807, 2.05) is 0 Å². The topological polar surface area (TPSA) is 106 Å². The molecule has 0 saturated heterocycles. The highest BCUT2D eigenvalue weighted by Gasteiger charge is 2.35. The first-order valence-electron chi connectivity index (χ1n) is 9.25. The maximum Gasteiger partial charge on any atom is 0.421 e. The minimum atomic E-state index is -4.63. The van der Waals surface area contributed by atoms with Crippen LogP contribution >= 0.6 is 0 Å². The maximum atomic E-state index is 13.5. The lowest BCUT2D eigenvalue weighted by molar-refractivity contribution is -0.137. The fourth-order valence-corrected chi connectivity index (χ4v) is 3.17. The van der Waals surface area contributed by atoms with Crippen molar-refractivity contribution in [3.8, 4) is 0 Å². The van der Waals surface area contributed by atoms with Crippen LogP contribution < -0.4 is 16.0 Å². The van der Waals surface area contributed by atoms with E-state index in [9.17, 15) is 18.0 Å². The number of carbonyl (C=O) groups is 1. The molecule has 0 unspecified atom stereocenters. The lowest BCUT2D eigenvalue weighted by Crippen LogP contribution is -2.14. The van der Waals surface area contributed by atoms with E-state index in [1.54, 1.807) is 43.6 Å². The van der Waals surface area contributed by atoms with Gasteiger partial charge in [0.1, 0.15) is 11.4 Å². The molecular formula is C20H17F3N7O-. The van der Waals surface area contributed by atoms with Crippen LogP contribution in [0.2, 0.25) is 0 Å². The number of fused-ring (bicyclic) bond motifs is 1. The summed E-state index contributed by atoms with van der Waals surface area (Å²) < 4.78 is 40.4. The molecule has 0 fully saturated rings.